The summed E-state index contributed by atoms with van der Waals surface area (Å²) in [7, 11) is 0. The number of nitrogens with one attached hydrogen (secondary N) is 1. The highest BCUT2D eigenvalue weighted by atomic mass is 35.5. The summed E-state index contributed by atoms with van der Waals surface area (Å²) in [6.07, 6.45) is 0. The molecule has 8 heteroatoms. The number of rotatable bonds is 4. The summed E-state index contributed by atoms with van der Waals surface area (Å²) in [4.78, 5) is 13.9. The van der Waals surface area contributed by atoms with E-state index in [0.29, 0.717) is 20.8 Å². The van der Waals surface area contributed by atoms with Gasteiger partial charge in [0.2, 0.25) is 5.88 Å². The summed E-state index contributed by atoms with van der Waals surface area (Å²) in [6, 6.07) is 10.8. The second-order valence-electron chi connectivity index (χ2n) is 4.42. The maximum Gasteiger partial charge on any atom is 0.282 e. The lowest BCUT2D eigenvalue weighted by molar-refractivity contribution is 0.400. The molecule has 0 amide bonds. The van der Waals surface area contributed by atoms with Gasteiger partial charge in [0.1, 0.15) is 4.90 Å². The van der Waals surface area contributed by atoms with Crippen LogP contribution in [0.4, 0.5) is 0 Å². The lowest BCUT2D eigenvalue weighted by Crippen LogP contribution is -2.06. The number of hydrogen-bond acceptors (Lipinski definition) is 4. The SMILES string of the molecule is O=c1[nH]n(Cc2ccc(Cl)s2)c(O)c1Sc1ccccc1Cl. The number of aromatic nitrogens is 2. The number of hydrogen-bond donors (Lipinski definition) is 2. The van der Waals surface area contributed by atoms with Crippen LogP contribution >= 0.6 is 46.3 Å². The molecule has 0 atom stereocenters. The number of thiophene rings is 1. The van der Waals surface area contributed by atoms with Crippen LogP contribution < -0.4 is 5.56 Å². The zero-order valence-corrected chi connectivity index (χ0v) is 14.2. The maximum absolute atomic E-state index is 12.0. The molecular formula is C14H10Cl2N2O2S2. The Hall–Kier alpha value is -1.34. The van der Waals surface area contributed by atoms with Crippen molar-refractivity contribution in [2.45, 2.75) is 16.3 Å². The number of nitrogens with zero attached hydrogens (tertiary/aromatic N) is 1. The monoisotopic (exact) mass is 372 g/mol. The van der Waals surface area contributed by atoms with Crippen molar-refractivity contribution < 1.29 is 5.11 Å². The van der Waals surface area contributed by atoms with Gasteiger partial charge in [0.25, 0.3) is 5.56 Å². The molecule has 0 bridgehead atoms. The Balaban J connectivity index is 1.90. The van der Waals surface area contributed by atoms with Gasteiger partial charge in [-0.25, -0.2) is 4.68 Å². The molecule has 0 fully saturated rings. The average Bonchev–Trinajstić information content (AvgIpc) is 3.00. The second kappa shape index (κ2) is 6.42. The average molecular weight is 373 g/mol. The molecule has 0 saturated heterocycles. The van der Waals surface area contributed by atoms with E-state index >= 15 is 0 Å². The Morgan fingerprint density at radius 3 is 2.68 bits per heavy atom. The standard InChI is InChI=1S/C14H10Cl2N2O2S2/c15-9-3-1-2-4-10(9)22-12-13(19)17-18(14(12)20)7-8-5-6-11(16)21-8/h1-6,20H,7H2,(H,17,19). The van der Waals surface area contributed by atoms with E-state index in [0.717, 1.165) is 16.6 Å². The van der Waals surface area contributed by atoms with Crippen LogP contribution in [0.1, 0.15) is 4.88 Å². The summed E-state index contributed by atoms with van der Waals surface area (Å²) in [5, 5.41) is 13.4. The molecule has 4 nitrogen and oxygen atoms in total. The number of benzene rings is 1. The van der Waals surface area contributed by atoms with Crippen molar-refractivity contribution in [1.82, 2.24) is 9.78 Å². The third-order valence-electron chi connectivity index (χ3n) is 2.89. The van der Waals surface area contributed by atoms with Crippen molar-refractivity contribution in [3.05, 3.63) is 61.0 Å². The number of H-pyrrole nitrogens is 1. The Kier molecular flexibility index (Phi) is 4.54. The van der Waals surface area contributed by atoms with Crippen molar-refractivity contribution in [2.24, 2.45) is 0 Å². The van der Waals surface area contributed by atoms with Crippen LogP contribution in [0.5, 0.6) is 5.88 Å². The van der Waals surface area contributed by atoms with Crippen molar-refractivity contribution in [1.29, 1.82) is 0 Å². The van der Waals surface area contributed by atoms with E-state index in [2.05, 4.69) is 5.10 Å². The van der Waals surface area contributed by atoms with Crippen molar-refractivity contribution in [2.75, 3.05) is 0 Å². The van der Waals surface area contributed by atoms with E-state index in [-0.39, 0.29) is 16.3 Å². The van der Waals surface area contributed by atoms with Crippen LogP contribution in [0.2, 0.25) is 9.36 Å². The third kappa shape index (κ3) is 3.20. The van der Waals surface area contributed by atoms with Crippen LogP contribution in [-0.2, 0) is 6.54 Å². The molecule has 2 aromatic heterocycles. The Morgan fingerprint density at radius 1 is 1.23 bits per heavy atom. The van der Waals surface area contributed by atoms with Gasteiger partial charge < -0.3 is 5.11 Å². The molecule has 2 heterocycles. The molecule has 3 aromatic rings. The molecule has 3 rings (SSSR count). The van der Waals surface area contributed by atoms with Gasteiger partial charge in [-0.2, -0.15) is 0 Å². The van der Waals surface area contributed by atoms with E-state index < -0.39 is 0 Å². The molecule has 0 aliphatic rings. The molecule has 0 spiro atoms. The molecule has 0 saturated carbocycles. The number of halogens is 2. The quantitative estimate of drug-likeness (QED) is 0.710. The van der Waals surface area contributed by atoms with Crippen LogP contribution in [0.15, 0.2) is 51.0 Å². The van der Waals surface area contributed by atoms with Gasteiger partial charge in [-0.05, 0) is 24.3 Å². The topological polar surface area (TPSA) is 58.0 Å². The number of aromatic hydroxyl groups is 1. The molecule has 0 aliphatic heterocycles. The highest BCUT2D eigenvalue weighted by molar-refractivity contribution is 7.99. The van der Waals surface area contributed by atoms with Crippen LogP contribution in [-0.4, -0.2) is 14.9 Å². The van der Waals surface area contributed by atoms with E-state index in [1.807, 2.05) is 18.2 Å². The van der Waals surface area contributed by atoms with Crippen molar-refractivity contribution in [3.8, 4) is 5.88 Å². The van der Waals surface area contributed by atoms with E-state index in [4.69, 9.17) is 23.2 Å². The predicted molar refractivity (Wildman–Crippen MR) is 90.7 cm³/mol. The van der Waals surface area contributed by atoms with E-state index in [9.17, 15) is 9.90 Å². The summed E-state index contributed by atoms with van der Waals surface area (Å²) in [5.74, 6) is -0.112. The Bertz CT molecular complexity index is 870. The van der Waals surface area contributed by atoms with Gasteiger partial charge in [0, 0.05) is 9.77 Å². The zero-order valence-electron chi connectivity index (χ0n) is 11.0. The largest absolute Gasteiger partial charge is 0.493 e. The first-order valence-electron chi connectivity index (χ1n) is 6.23. The lowest BCUT2D eigenvalue weighted by Gasteiger charge is -2.04. The van der Waals surface area contributed by atoms with Gasteiger partial charge in [-0.15, -0.1) is 11.3 Å². The van der Waals surface area contributed by atoms with Crippen LogP contribution in [0.3, 0.4) is 0 Å². The van der Waals surface area contributed by atoms with Gasteiger partial charge in [0.05, 0.1) is 15.9 Å². The first kappa shape index (κ1) is 15.6. The highest BCUT2D eigenvalue weighted by Crippen LogP contribution is 2.36. The maximum atomic E-state index is 12.0. The summed E-state index contributed by atoms with van der Waals surface area (Å²) in [5.41, 5.74) is -0.356. The van der Waals surface area contributed by atoms with Crippen LogP contribution in [0.25, 0.3) is 0 Å². The first-order chi connectivity index (χ1) is 10.5. The molecule has 2 N–H and O–H groups in total. The van der Waals surface area contributed by atoms with Crippen molar-refractivity contribution >= 4 is 46.3 Å². The second-order valence-corrected chi connectivity index (χ2v) is 7.68. The van der Waals surface area contributed by atoms with E-state index in [1.165, 1.54) is 16.0 Å². The molecule has 114 valence electrons. The minimum atomic E-state index is -0.356. The predicted octanol–water partition coefficient (Wildman–Crippen LogP) is 4.45. The van der Waals surface area contributed by atoms with Gasteiger partial charge in [0.15, 0.2) is 0 Å². The van der Waals surface area contributed by atoms with Crippen LogP contribution in [0, 0.1) is 0 Å². The first-order valence-corrected chi connectivity index (χ1v) is 8.62. The highest BCUT2D eigenvalue weighted by Gasteiger charge is 2.17. The smallest absolute Gasteiger partial charge is 0.282 e. The van der Waals surface area contributed by atoms with Crippen molar-refractivity contribution in [3.63, 3.8) is 0 Å². The Morgan fingerprint density at radius 2 is 2.00 bits per heavy atom. The minimum absolute atomic E-state index is 0.112. The summed E-state index contributed by atoms with van der Waals surface area (Å²) < 4.78 is 2.05. The molecule has 0 unspecified atom stereocenters. The fourth-order valence-corrected chi connectivity index (χ4v) is 4.09. The molecule has 0 aliphatic carbocycles. The minimum Gasteiger partial charge on any atom is -0.493 e. The zero-order chi connectivity index (χ0) is 15.7. The fourth-order valence-electron chi connectivity index (χ4n) is 1.89. The molecule has 0 radical (unpaired) electrons. The molecular weight excluding hydrogens is 363 g/mol. The van der Waals surface area contributed by atoms with Gasteiger partial charge in [-0.3, -0.25) is 9.89 Å². The third-order valence-corrected chi connectivity index (χ3v) is 5.70. The molecule has 22 heavy (non-hydrogen) atoms. The Labute approximate surface area is 144 Å². The van der Waals surface area contributed by atoms with Gasteiger partial charge >= 0.3 is 0 Å². The lowest BCUT2D eigenvalue weighted by atomic mass is 10.4. The van der Waals surface area contributed by atoms with E-state index in [1.54, 1.807) is 18.2 Å². The normalized spacial score (nSPS) is 11.0. The molecule has 1 aromatic carbocycles. The fraction of sp³-hybridized carbons (Fsp3) is 0.0714. The summed E-state index contributed by atoms with van der Waals surface area (Å²) >= 11 is 14.5. The van der Waals surface area contributed by atoms with Gasteiger partial charge in [-0.1, -0.05) is 47.1 Å². The number of aromatic amines is 1. The summed E-state index contributed by atoms with van der Waals surface area (Å²) in [6.45, 7) is 0.349.